The summed E-state index contributed by atoms with van der Waals surface area (Å²) in [5.74, 6) is 0.564. The van der Waals surface area contributed by atoms with Crippen molar-refractivity contribution in [1.82, 2.24) is 4.98 Å². The summed E-state index contributed by atoms with van der Waals surface area (Å²) in [4.78, 5) is 14.8. The fourth-order valence-corrected chi connectivity index (χ4v) is 2.52. The van der Waals surface area contributed by atoms with Crippen LogP contribution in [0.4, 0.5) is 0 Å². The van der Waals surface area contributed by atoms with Gasteiger partial charge in [0.15, 0.2) is 0 Å². The van der Waals surface area contributed by atoms with Crippen LogP contribution < -0.4 is 0 Å². The molecule has 0 N–H and O–H groups in total. The Morgan fingerprint density at radius 3 is 3.23 bits per heavy atom. The molecule has 0 bridgehead atoms. The number of carbonyl (C=O) groups excluding carboxylic acids is 1. The Hall–Kier alpha value is -0.810. The van der Waals surface area contributed by atoms with Gasteiger partial charge < -0.3 is 4.74 Å². The normalized spacial score (nSPS) is 15.7. The van der Waals surface area contributed by atoms with Crippen molar-refractivity contribution in [2.24, 2.45) is 0 Å². The number of hydrogen-bond acceptors (Lipinski definition) is 5. The van der Waals surface area contributed by atoms with E-state index < -0.39 is 0 Å². The second kappa shape index (κ2) is 3.93. The highest BCUT2D eigenvalue weighted by atomic mass is 32.2. The van der Waals surface area contributed by atoms with Crippen molar-refractivity contribution < 1.29 is 9.53 Å². The first kappa shape index (κ1) is 8.77. The molecule has 68 valence electrons. The fraction of sp³-hybridized carbons (Fsp3) is 0.250. The van der Waals surface area contributed by atoms with Crippen LogP contribution in [0.2, 0.25) is 0 Å². The lowest BCUT2D eigenvalue weighted by Gasteiger charge is -1.96. The molecule has 5 heteroatoms. The van der Waals surface area contributed by atoms with Crippen molar-refractivity contribution in [3.8, 4) is 0 Å². The van der Waals surface area contributed by atoms with E-state index in [1.54, 1.807) is 35.4 Å². The summed E-state index contributed by atoms with van der Waals surface area (Å²) < 4.78 is 5.80. The fourth-order valence-electron chi connectivity index (χ4n) is 0.933. The molecule has 0 unspecified atom stereocenters. The lowest BCUT2D eigenvalue weighted by Crippen LogP contribution is -1.92. The van der Waals surface area contributed by atoms with Gasteiger partial charge in [-0.25, -0.2) is 9.78 Å². The zero-order valence-corrected chi connectivity index (χ0v) is 8.36. The van der Waals surface area contributed by atoms with E-state index in [9.17, 15) is 4.79 Å². The zero-order valence-electron chi connectivity index (χ0n) is 6.73. The zero-order chi connectivity index (χ0) is 9.10. The van der Waals surface area contributed by atoms with E-state index in [4.69, 9.17) is 4.74 Å². The number of thiazole rings is 1. The molecule has 0 saturated carbocycles. The molecular formula is C8H7NO2S2. The van der Waals surface area contributed by atoms with Crippen LogP contribution in [0.15, 0.2) is 27.6 Å². The van der Waals surface area contributed by atoms with Crippen LogP contribution in [-0.4, -0.2) is 23.3 Å². The van der Waals surface area contributed by atoms with Gasteiger partial charge in [0.2, 0.25) is 0 Å². The van der Waals surface area contributed by atoms with Gasteiger partial charge in [-0.1, -0.05) is 11.8 Å². The van der Waals surface area contributed by atoms with Crippen LogP contribution in [0, 0.1) is 0 Å². The number of carbonyl (C=O) groups is 1. The number of thioether (sulfide) groups is 1. The predicted octanol–water partition coefficient (Wildman–Crippen LogP) is 1.72. The molecule has 1 aliphatic heterocycles. The first-order chi connectivity index (χ1) is 6.34. The van der Waals surface area contributed by atoms with Crippen molar-refractivity contribution >= 4 is 29.1 Å². The number of rotatable bonds is 3. The molecule has 0 radical (unpaired) electrons. The summed E-state index contributed by atoms with van der Waals surface area (Å²) in [7, 11) is 0. The van der Waals surface area contributed by atoms with Crippen molar-refractivity contribution in [2.75, 3.05) is 12.4 Å². The Balaban J connectivity index is 1.87. The summed E-state index contributed by atoms with van der Waals surface area (Å²) in [5.41, 5.74) is 1.03. The molecule has 2 rings (SSSR count). The first-order valence-corrected chi connectivity index (χ1v) is 5.59. The first-order valence-electron chi connectivity index (χ1n) is 3.73. The predicted molar refractivity (Wildman–Crippen MR) is 51.9 cm³/mol. The highest BCUT2D eigenvalue weighted by Gasteiger charge is 2.12. The van der Waals surface area contributed by atoms with Crippen LogP contribution in [0.25, 0.3) is 0 Å². The SMILES string of the molecule is O=C1C=C(CSc2nccs2)CO1. The van der Waals surface area contributed by atoms with Gasteiger partial charge in [0, 0.05) is 23.4 Å². The van der Waals surface area contributed by atoms with Gasteiger partial charge in [0.05, 0.1) is 0 Å². The molecule has 0 saturated heterocycles. The summed E-state index contributed by atoms with van der Waals surface area (Å²) >= 11 is 3.24. The molecule has 1 aliphatic rings. The summed E-state index contributed by atoms with van der Waals surface area (Å²) in [6.07, 6.45) is 3.33. The molecule has 13 heavy (non-hydrogen) atoms. The van der Waals surface area contributed by atoms with Crippen molar-refractivity contribution in [3.05, 3.63) is 23.2 Å². The smallest absolute Gasteiger partial charge is 0.331 e. The monoisotopic (exact) mass is 213 g/mol. The van der Waals surface area contributed by atoms with Gasteiger partial charge >= 0.3 is 5.97 Å². The van der Waals surface area contributed by atoms with E-state index in [1.807, 2.05) is 5.38 Å². The number of nitrogens with zero attached hydrogens (tertiary/aromatic N) is 1. The van der Waals surface area contributed by atoms with Crippen LogP contribution in [0.3, 0.4) is 0 Å². The van der Waals surface area contributed by atoms with Gasteiger partial charge in [-0.3, -0.25) is 0 Å². The molecule has 0 atom stereocenters. The van der Waals surface area contributed by atoms with E-state index in [1.165, 1.54) is 0 Å². The molecule has 2 heterocycles. The Morgan fingerprint density at radius 2 is 2.62 bits per heavy atom. The number of hydrogen-bond donors (Lipinski definition) is 0. The number of aromatic nitrogens is 1. The maximum absolute atomic E-state index is 10.7. The average Bonchev–Trinajstić information content (AvgIpc) is 2.71. The third kappa shape index (κ3) is 2.32. The Bertz CT molecular complexity index is 332. The van der Waals surface area contributed by atoms with Crippen LogP contribution in [-0.2, 0) is 9.53 Å². The molecule has 0 aliphatic carbocycles. The van der Waals surface area contributed by atoms with E-state index in [2.05, 4.69) is 4.98 Å². The third-order valence-corrected chi connectivity index (χ3v) is 3.59. The molecule has 0 spiro atoms. The molecule has 1 aromatic rings. The summed E-state index contributed by atoms with van der Waals surface area (Å²) in [5, 5.41) is 1.94. The number of ether oxygens (including phenoxy) is 1. The third-order valence-electron chi connectivity index (χ3n) is 1.51. The molecular weight excluding hydrogens is 206 g/mol. The summed E-state index contributed by atoms with van der Waals surface area (Å²) in [6.45, 7) is 0.442. The van der Waals surface area contributed by atoms with Gasteiger partial charge in [-0.05, 0) is 5.57 Å². The van der Waals surface area contributed by atoms with Crippen LogP contribution >= 0.6 is 23.1 Å². The molecule has 0 aromatic carbocycles. The maximum Gasteiger partial charge on any atom is 0.331 e. The lowest BCUT2D eigenvalue weighted by atomic mass is 10.3. The second-order valence-corrected chi connectivity index (χ2v) is 4.61. The quantitative estimate of drug-likeness (QED) is 0.566. The highest BCUT2D eigenvalue weighted by Crippen LogP contribution is 2.23. The minimum atomic E-state index is -0.227. The van der Waals surface area contributed by atoms with E-state index in [-0.39, 0.29) is 5.97 Å². The van der Waals surface area contributed by atoms with Gasteiger partial charge in [-0.15, -0.1) is 11.3 Å². The Labute approximate surface area is 83.8 Å². The standard InChI is InChI=1S/C8H7NO2S2/c10-7-3-6(4-11-7)5-13-8-9-1-2-12-8/h1-3H,4-5H2. The van der Waals surface area contributed by atoms with Crippen molar-refractivity contribution in [3.63, 3.8) is 0 Å². The topological polar surface area (TPSA) is 39.2 Å². The van der Waals surface area contributed by atoms with Crippen LogP contribution in [0.5, 0.6) is 0 Å². The van der Waals surface area contributed by atoms with Crippen molar-refractivity contribution in [2.45, 2.75) is 4.34 Å². The van der Waals surface area contributed by atoms with Crippen molar-refractivity contribution in [1.29, 1.82) is 0 Å². The molecule has 0 fully saturated rings. The number of esters is 1. The second-order valence-electron chi connectivity index (χ2n) is 2.50. The summed E-state index contributed by atoms with van der Waals surface area (Å²) in [6, 6.07) is 0. The average molecular weight is 213 g/mol. The van der Waals surface area contributed by atoms with Gasteiger partial charge in [-0.2, -0.15) is 0 Å². The highest BCUT2D eigenvalue weighted by molar-refractivity contribution is 8.01. The maximum atomic E-state index is 10.7. The molecule has 0 amide bonds. The van der Waals surface area contributed by atoms with Gasteiger partial charge in [0.25, 0.3) is 0 Å². The van der Waals surface area contributed by atoms with Gasteiger partial charge in [0.1, 0.15) is 10.9 Å². The number of cyclic esters (lactones) is 1. The van der Waals surface area contributed by atoms with Crippen LogP contribution in [0.1, 0.15) is 0 Å². The Kier molecular flexibility index (Phi) is 2.65. The van der Waals surface area contributed by atoms with E-state index in [0.29, 0.717) is 6.61 Å². The molecule has 1 aromatic heterocycles. The largest absolute Gasteiger partial charge is 0.458 e. The van der Waals surface area contributed by atoms with E-state index in [0.717, 1.165) is 15.7 Å². The molecule has 3 nitrogen and oxygen atoms in total. The van der Waals surface area contributed by atoms with E-state index >= 15 is 0 Å². The minimum Gasteiger partial charge on any atom is -0.458 e. The lowest BCUT2D eigenvalue weighted by molar-refractivity contribution is -0.134. The minimum absolute atomic E-state index is 0.227. The Morgan fingerprint density at radius 1 is 1.69 bits per heavy atom.